The van der Waals surface area contributed by atoms with Crippen LogP contribution in [0.2, 0.25) is 0 Å². The second-order valence-electron chi connectivity index (χ2n) is 19.2. The van der Waals surface area contributed by atoms with Crippen molar-refractivity contribution in [2.45, 2.75) is 223 Å². The molecule has 7 aliphatic rings. The Balaban J connectivity index is 1.02. The molecule has 7 aliphatic heterocycles. The van der Waals surface area contributed by atoms with Crippen LogP contribution >= 0.6 is 0 Å². The molecule has 33 nitrogen and oxygen atoms in total. The Kier molecular flexibility index (Phi) is 20.9. The standard InChI is InChI=1S/C42H70O33/c1-9-16(47)20(51)24(55)39(64-9)71-29-14(7-45)67-36(61)31(27(29)58)73-41-26(57)22(53)30(33(75-41)35(59)60)72-37-23(54)19(50)15(8-63-37)69-42-34(62-3)32(74-38-17(48)12(46)4-11(5-43)66-38)28(10(2)65-42)70-40-25(56)21(52)18(49)13(6-44)68-40/h9-34,36-58,61H,4-8H2,1-3H3,(H,59,60)/t9-,10-,11-,12-,13+,14+,15+,16-,17+,18+,19-,20+,21-,22+,23+,24+,25+,26+,27-,28+,29+,30-,31-,32+,33-,34-,36-,37-,38+,39-,40-,41-,42+/m0/s1. The Hall–Kier alpha value is -1.77. The van der Waals surface area contributed by atoms with E-state index in [2.05, 4.69) is 0 Å². The lowest BCUT2D eigenvalue weighted by Gasteiger charge is -2.50. The summed E-state index contributed by atoms with van der Waals surface area (Å²) in [6, 6.07) is 0. The van der Waals surface area contributed by atoms with Gasteiger partial charge in [-0.1, -0.05) is 0 Å². The van der Waals surface area contributed by atoms with Crippen molar-refractivity contribution in [1.29, 1.82) is 0 Å². The molecule has 0 unspecified atom stereocenters. The molecule has 75 heavy (non-hydrogen) atoms. The monoisotopic (exact) mass is 1100 g/mol. The van der Waals surface area contributed by atoms with Gasteiger partial charge in [-0.2, -0.15) is 0 Å². The molecule has 0 spiro atoms. The first kappa shape index (κ1) is 60.9. The molecule has 0 aliphatic carbocycles. The van der Waals surface area contributed by atoms with E-state index in [0.29, 0.717) is 0 Å². The van der Waals surface area contributed by atoms with Gasteiger partial charge in [0, 0.05) is 13.5 Å². The Morgan fingerprint density at radius 1 is 0.440 bits per heavy atom. The number of carboxylic acids is 1. The minimum Gasteiger partial charge on any atom is -0.479 e. The van der Waals surface area contributed by atoms with Gasteiger partial charge in [0.25, 0.3) is 0 Å². The van der Waals surface area contributed by atoms with E-state index in [4.69, 9.17) is 66.3 Å². The third kappa shape index (κ3) is 12.7. The van der Waals surface area contributed by atoms with Crippen molar-refractivity contribution < 1.29 is 163 Å². The number of carboxylic acid groups (broad SMARTS) is 1. The zero-order valence-electron chi connectivity index (χ0n) is 40.3. The van der Waals surface area contributed by atoms with Gasteiger partial charge < -0.3 is 158 Å². The Morgan fingerprint density at radius 2 is 0.973 bits per heavy atom. The van der Waals surface area contributed by atoms with Gasteiger partial charge in [0.2, 0.25) is 0 Å². The largest absolute Gasteiger partial charge is 0.479 e. The maximum atomic E-state index is 12.6. The number of hydrogen-bond donors (Lipinski definition) is 18. The van der Waals surface area contributed by atoms with E-state index < -0.39 is 235 Å². The average Bonchev–Trinajstić information content (AvgIpc) is 3.38. The smallest absolute Gasteiger partial charge is 0.335 e. The minimum atomic E-state index is -2.31. The van der Waals surface area contributed by atoms with Gasteiger partial charge >= 0.3 is 5.97 Å². The van der Waals surface area contributed by atoms with Gasteiger partial charge in [-0.3, -0.25) is 0 Å². The highest BCUT2D eigenvalue weighted by Gasteiger charge is 2.58. The van der Waals surface area contributed by atoms with Crippen molar-refractivity contribution in [2.75, 3.05) is 33.5 Å². The molecule has 7 heterocycles. The van der Waals surface area contributed by atoms with Crippen LogP contribution in [0.25, 0.3) is 0 Å². The molecule has 0 amide bonds. The van der Waals surface area contributed by atoms with Crippen molar-refractivity contribution in [1.82, 2.24) is 0 Å². The number of aliphatic hydroxyl groups excluding tert-OH is 17. The molecule has 7 fully saturated rings. The molecule has 0 saturated carbocycles. The van der Waals surface area contributed by atoms with Crippen molar-refractivity contribution in [2.24, 2.45) is 0 Å². The minimum absolute atomic E-state index is 0.194. The van der Waals surface area contributed by atoms with Gasteiger partial charge in [-0.05, 0) is 13.8 Å². The second kappa shape index (κ2) is 25.8. The average molecular weight is 1100 g/mol. The zero-order chi connectivity index (χ0) is 55.1. The Morgan fingerprint density at radius 3 is 1.60 bits per heavy atom. The first-order valence-corrected chi connectivity index (χ1v) is 24.0. The highest BCUT2D eigenvalue weighted by molar-refractivity contribution is 5.73. The second-order valence-corrected chi connectivity index (χ2v) is 19.2. The first-order valence-electron chi connectivity index (χ1n) is 24.0. The molecule has 33 atom stereocenters. The molecule has 0 aromatic rings. The summed E-state index contributed by atoms with van der Waals surface area (Å²) in [6.45, 7) is -0.313. The van der Waals surface area contributed by atoms with E-state index in [0.717, 1.165) is 7.11 Å². The van der Waals surface area contributed by atoms with Crippen LogP contribution in [0, 0.1) is 0 Å². The van der Waals surface area contributed by atoms with Crippen LogP contribution in [0.15, 0.2) is 0 Å². The van der Waals surface area contributed by atoms with Crippen LogP contribution in [-0.2, 0) is 71.1 Å². The number of carbonyl (C=O) groups is 1. The molecule has 7 rings (SSSR count). The number of ether oxygens (including phenoxy) is 14. The molecular formula is C42H70O33. The number of methoxy groups -OCH3 is 1. The van der Waals surface area contributed by atoms with Crippen LogP contribution in [0.4, 0.5) is 0 Å². The number of rotatable bonds is 17. The summed E-state index contributed by atoms with van der Waals surface area (Å²) in [5, 5.41) is 191. The van der Waals surface area contributed by atoms with Gasteiger partial charge in [0.05, 0.1) is 50.8 Å². The van der Waals surface area contributed by atoms with Gasteiger partial charge in [-0.15, -0.1) is 0 Å². The van der Waals surface area contributed by atoms with Crippen LogP contribution in [0.5, 0.6) is 0 Å². The van der Waals surface area contributed by atoms with Crippen molar-refractivity contribution in [3.05, 3.63) is 0 Å². The van der Waals surface area contributed by atoms with Gasteiger partial charge in [0.1, 0.15) is 128 Å². The molecule has 33 heteroatoms. The predicted molar refractivity (Wildman–Crippen MR) is 227 cm³/mol. The third-order valence-corrected chi connectivity index (χ3v) is 14.2. The van der Waals surface area contributed by atoms with Crippen molar-refractivity contribution in [3.63, 3.8) is 0 Å². The van der Waals surface area contributed by atoms with Gasteiger partial charge in [-0.25, -0.2) is 4.79 Å². The van der Waals surface area contributed by atoms with Crippen molar-refractivity contribution in [3.8, 4) is 0 Å². The molecule has 436 valence electrons. The zero-order valence-corrected chi connectivity index (χ0v) is 40.3. The highest BCUT2D eigenvalue weighted by Crippen LogP contribution is 2.38. The van der Waals surface area contributed by atoms with Crippen LogP contribution < -0.4 is 0 Å². The van der Waals surface area contributed by atoms with E-state index in [1.807, 2.05) is 0 Å². The van der Waals surface area contributed by atoms with E-state index in [1.54, 1.807) is 0 Å². The maximum Gasteiger partial charge on any atom is 0.335 e. The summed E-state index contributed by atoms with van der Waals surface area (Å²) in [4.78, 5) is 12.6. The molecule has 18 N–H and O–H groups in total. The molecular weight excluding hydrogens is 1030 g/mol. The molecule has 0 aromatic carbocycles. The van der Waals surface area contributed by atoms with Crippen molar-refractivity contribution >= 4 is 5.97 Å². The normalized spacial score (nSPS) is 53.1. The first-order chi connectivity index (χ1) is 35.5. The van der Waals surface area contributed by atoms with Gasteiger partial charge in [0.15, 0.2) is 50.1 Å². The molecule has 0 bridgehead atoms. The Bertz CT molecular complexity index is 1790. The lowest BCUT2D eigenvalue weighted by molar-refractivity contribution is -0.396. The lowest BCUT2D eigenvalue weighted by atomic mass is 9.96. The number of aliphatic hydroxyl groups is 17. The van der Waals surface area contributed by atoms with E-state index in [1.165, 1.54) is 13.8 Å². The summed E-state index contributed by atoms with van der Waals surface area (Å²) < 4.78 is 79.8. The molecule has 0 radical (unpaired) electrons. The van der Waals surface area contributed by atoms with E-state index in [9.17, 15) is 96.7 Å². The summed E-state index contributed by atoms with van der Waals surface area (Å²) in [7, 11) is 1.14. The van der Waals surface area contributed by atoms with E-state index >= 15 is 0 Å². The summed E-state index contributed by atoms with van der Waals surface area (Å²) in [6.07, 6.45) is -59.0. The lowest BCUT2D eigenvalue weighted by Crippen LogP contribution is -2.68. The fraction of sp³-hybridized carbons (Fsp3) is 0.976. The Labute approximate surface area is 425 Å². The molecule has 0 aromatic heterocycles. The van der Waals surface area contributed by atoms with Crippen LogP contribution in [0.1, 0.15) is 20.3 Å². The maximum absolute atomic E-state index is 12.6. The number of hydrogen-bond acceptors (Lipinski definition) is 32. The third-order valence-electron chi connectivity index (χ3n) is 14.2. The molecule has 7 saturated heterocycles. The SMILES string of the molecule is CO[C@@H]1[C@@H](O[C@@H]2CO[C@@H](O[C@H]3[C@H](O)[C@@H](O)[C@@H](O[C@H]4[C@@H](O)[C@H](O[C@@H]5O[C@@H](C)[C@H](O)[C@@H](O)[C@H]5O)[C@@H](CO)O[C@@H]4O)O[C@@H]3C(=O)O)[C@H](O)[C@H]2O)O[C@@H](C)[C@@H](O[C@@H]2O[C@H](CO)[C@@H](O)[C@H](O)[C@H]2O)[C@H]1O[C@H]1O[C@H](CO)C[C@H](O)[C@H]1O. The highest BCUT2D eigenvalue weighted by atomic mass is 16.8. The number of aliphatic carboxylic acids is 1. The van der Waals surface area contributed by atoms with E-state index in [-0.39, 0.29) is 6.42 Å². The fourth-order valence-corrected chi connectivity index (χ4v) is 9.75. The summed E-state index contributed by atoms with van der Waals surface area (Å²) >= 11 is 0. The predicted octanol–water partition coefficient (Wildman–Crippen LogP) is -11.8. The van der Waals surface area contributed by atoms with Crippen LogP contribution in [0.3, 0.4) is 0 Å². The summed E-state index contributed by atoms with van der Waals surface area (Å²) in [5.41, 5.74) is 0. The quantitative estimate of drug-likeness (QED) is 0.0643. The summed E-state index contributed by atoms with van der Waals surface area (Å²) in [5.74, 6) is -1.86. The fourth-order valence-electron chi connectivity index (χ4n) is 9.75. The van der Waals surface area contributed by atoms with Crippen LogP contribution in [-0.4, -0.2) is 334 Å². The topological polar surface area (TPSA) is 510 Å².